The summed E-state index contributed by atoms with van der Waals surface area (Å²) in [5.74, 6) is 1.22. The van der Waals surface area contributed by atoms with E-state index in [0.717, 1.165) is 0 Å². The summed E-state index contributed by atoms with van der Waals surface area (Å²) in [4.78, 5) is 11.5. The summed E-state index contributed by atoms with van der Waals surface area (Å²) in [6, 6.07) is 13.6. The normalized spacial score (nSPS) is 13.3. The van der Waals surface area contributed by atoms with E-state index < -0.39 is 5.97 Å². The molecule has 1 aromatic carbocycles. The van der Waals surface area contributed by atoms with Crippen molar-refractivity contribution in [3.05, 3.63) is 65.4 Å². The van der Waals surface area contributed by atoms with Gasteiger partial charge in [-0.1, -0.05) is 49.0 Å². The number of carbonyl (C=O) groups is 1. The standard InChI is InChI=1S/C19H20N2O4S/c1-12(14-7-5-4-6-8-14)11-17-20-21-19(25-17)26-13(2)15-9-10-16(24-15)18(22)23-3/h4-10,12-13H,11H2,1-3H3. The Bertz CT molecular complexity index is 859. The zero-order valence-corrected chi connectivity index (χ0v) is 15.7. The molecule has 0 radical (unpaired) electrons. The summed E-state index contributed by atoms with van der Waals surface area (Å²) >= 11 is 1.39. The Labute approximate surface area is 155 Å². The van der Waals surface area contributed by atoms with Gasteiger partial charge in [0.15, 0.2) is 0 Å². The van der Waals surface area contributed by atoms with Gasteiger partial charge in [0.2, 0.25) is 11.7 Å². The molecule has 6 nitrogen and oxygen atoms in total. The summed E-state index contributed by atoms with van der Waals surface area (Å²) in [7, 11) is 1.32. The summed E-state index contributed by atoms with van der Waals surface area (Å²) in [5.41, 5.74) is 1.24. The first-order valence-electron chi connectivity index (χ1n) is 8.29. The van der Waals surface area contributed by atoms with E-state index in [9.17, 15) is 4.79 Å². The van der Waals surface area contributed by atoms with Crippen molar-refractivity contribution in [3.63, 3.8) is 0 Å². The van der Waals surface area contributed by atoms with Crippen LogP contribution in [0.2, 0.25) is 0 Å². The molecule has 0 spiro atoms. The first kappa shape index (κ1) is 18.3. The fourth-order valence-corrected chi connectivity index (χ4v) is 3.30. The van der Waals surface area contributed by atoms with Crippen molar-refractivity contribution in [2.24, 2.45) is 0 Å². The average molecular weight is 372 g/mol. The molecule has 0 saturated carbocycles. The Morgan fingerprint density at radius 3 is 2.62 bits per heavy atom. The molecule has 0 aliphatic heterocycles. The van der Waals surface area contributed by atoms with Gasteiger partial charge >= 0.3 is 5.97 Å². The third kappa shape index (κ3) is 4.35. The summed E-state index contributed by atoms with van der Waals surface area (Å²) in [6.07, 6.45) is 0.680. The zero-order valence-electron chi connectivity index (χ0n) is 14.8. The van der Waals surface area contributed by atoms with Crippen molar-refractivity contribution in [1.29, 1.82) is 0 Å². The number of methoxy groups -OCH3 is 1. The van der Waals surface area contributed by atoms with E-state index in [1.807, 2.05) is 25.1 Å². The number of carbonyl (C=O) groups excluding carboxylic acids is 1. The number of esters is 1. The molecular formula is C19H20N2O4S. The van der Waals surface area contributed by atoms with Crippen molar-refractivity contribution >= 4 is 17.7 Å². The SMILES string of the molecule is COC(=O)c1ccc(C(C)Sc2nnc(CC(C)c3ccccc3)o2)o1. The summed E-state index contributed by atoms with van der Waals surface area (Å²) < 4.78 is 15.9. The van der Waals surface area contributed by atoms with Crippen LogP contribution in [0.4, 0.5) is 0 Å². The van der Waals surface area contributed by atoms with Crippen LogP contribution in [0.15, 0.2) is 56.5 Å². The van der Waals surface area contributed by atoms with Gasteiger partial charge in [-0.25, -0.2) is 4.79 Å². The van der Waals surface area contributed by atoms with Crippen LogP contribution in [-0.4, -0.2) is 23.3 Å². The molecule has 0 aliphatic carbocycles. The Kier molecular flexibility index (Phi) is 5.78. The van der Waals surface area contributed by atoms with Gasteiger partial charge in [-0.15, -0.1) is 10.2 Å². The van der Waals surface area contributed by atoms with Gasteiger partial charge in [0.05, 0.1) is 12.4 Å². The molecule has 2 heterocycles. The monoisotopic (exact) mass is 372 g/mol. The van der Waals surface area contributed by atoms with Crippen molar-refractivity contribution in [2.75, 3.05) is 7.11 Å². The number of ether oxygens (including phenoxy) is 1. The summed E-state index contributed by atoms with van der Waals surface area (Å²) in [6.45, 7) is 4.08. The van der Waals surface area contributed by atoms with E-state index in [1.54, 1.807) is 12.1 Å². The van der Waals surface area contributed by atoms with Gasteiger partial charge in [-0.05, 0) is 30.5 Å². The molecule has 7 heteroatoms. The molecule has 3 rings (SSSR count). The van der Waals surface area contributed by atoms with Gasteiger partial charge < -0.3 is 13.6 Å². The van der Waals surface area contributed by atoms with Crippen LogP contribution in [0.25, 0.3) is 0 Å². The second-order valence-corrected chi connectivity index (χ2v) is 7.22. The van der Waals surface area contributed by atoms with E-state index in [4.69, 9.17) is 8.83 Å². The van der Waals surface area contributed by atoms with Crippen LogP contribution in [0.3, 0.4) is 0 Å². The molecule has 2 aromatic heterocycles. The molecule has 0 bridgehead atoms. The lowest BCUT2D eigenvalue weighted by Crippen LogP contribution is -1.98. The lowest BCUT2D eigenvalue weighted by atomic mass is 9.98. The lowest BCUT2D eigenvalue weighted by Gasteiger charge is -2.08. The number of thioether (sulfide) groups is 1. The molecule has 3 aromatic rings. The highest BCUT2D eigenvalue weighted by Crippen LogP contribution is 2.35. The fraction of sp³-hybridized carbons (Fsp3) is 0.316. The van der Waals surface area contributed by atoms with Crippen molar-refractivity contribution in [3.8, 4) is 0 Å². The number of hydrogen-bond acceptors (Lipinski definition) is 7. The van der Waals surface area contributed by atoms with Gasteiger partial charge in [0.1, 0.15) is 5.76 Å². The number of hydrogen-bond donors (Lipinski definition) is 0. The van der Waals surface area contributed by atoms with Crippen LogP contribution >= 0.6 is 11.8 Å². The maximum atomic E-state index is 11.5. The molecule has 0 N–H and O–H groups in total. The molecule has 136 valence electrons. The average Bonchev–Trinajstić information content (AvgIpc) is 3.31. The maximum absolute atomic E-state index is 11.5. The molecule has 0 fully saturated rings. The first-order valence-corrected chi connectivity index (χ1v) is 9.16. The van der Waals surface area contributed by atoms with E-state index in [1.165, 1.54) is 24.4 Å². The number of rotatable bonds is 7. The van der Waals surface area contributed by atoms with Crippen LogP contribution in [0, 0.1) is 0 Å². The third-order valence-electron chi connectivity index (χ3n) is 3.99. The molecule has 2 atom stereocenters. The largest absolute Gasteiger partial charge is 0.463 e. The topological polar surface area (TPSA) is 78.4 Å². The van der Waals surface area contributed by atoms with Crippen molar-refractivity contribution in [1.82, 2.24) is 10.2 Å². The molecule has 0 aliphatic rings. The Hall–Kier alpha value is -2.54. The first-order chi connectivity index (χ1) is 12.6. The van der Waals surface area contributed by atoms with E-state index >= 15 is 0 Å². The minimum Gasteiger partial charge on any atom is -0.463 e. The molecule has 2 unspecified atom stereocenters. The second-order valence-electron chi connectivity index (χ2n) is 5.93. The Balaban J connectivity index is 1.61. The predicted octanol–water partition coefficient (Wildman–Crippen LogP) is 4.65. The van der Waals surface area contributed by atoms with E-state index in [0.29, 0.717) is 29.2 Å². The maximum Gasteiger partial charge on any atom is 0.373 e. The van der Waals surface area contributed by atoms with Gasteiger partial charge in [0, 0.05) is 6.42 Å². The quantitative estimate of drug-likeness (QED) is 0.441. The number of benzene rings is 1. The number of furan rings is 1. The zero-order chi connectivity index (χ0) is 18.5. The van der Waals surface area contributed by atoms with Crippen LogP contribution in [0.1, 0.15) is 52.8 Å². The van der Waals surface area contributed by atoms with Crippen LogP contribution in [0.5, 0.6) is 0 Å². The molecule has 26 heavy (non-hydrogen) atoms. The smallest absolute Gasteiger partial charge is 0.373 e. The predicted molar refractivity (Wildman–Crippen MR) is 97.2 cm³/mol. The van der Waals surface area contributed by atoms with Crippen LogP contribution in [-0.2, 0) is 11.2 Å². The minimum absolute atomic E-state index is 0.0757. The lowest BCUT2D eigenvalue weighted by molar-refractivity contribution is 0.0563. The number of nitrogens with zero attached hydrogens (tertiary/aromatic N) is 2. The van der Waals surface area contributed by atoms with Gasteiger partial charge in [0.25, 0.3) is 5.22 Å². The summed E-state index contributed by atoms with van der Waals surface area (Å²) in [5, 5.41) is 8.63. The van der Waals surface area contributed by atoms with E-state index in [-0.39, 0.29) is 11.0 Å². The number of aromatic nitrogens is 2. The molecular weight excluding hydrogens is 352 g/mol. The molecule has 0 saturated heterocycles. The minimum atomic E-state index is -0.497. The van der Waals surface area contributed by atoms with Crippen LogP contribution < -0.4 is 0 Å². The van der Waals surface area contributed by atoms with Crippen molar-refractivity contribution in [2.45, 2.75) is 36.7 Å². The van der Waals surface area contributed by atoms with Crippen molar-refractivity contribution < 1.29 is 18.4 Å². The third-order valence-corrected chi connectivity index (χ3v) is 4.94. The highest BCUT2D eigenvalue weighted by atomic mass is 32.2. The molecule has 0 amide bonds. The van der Waals surface area contributed by atoms with Gasteiger partial charge in [-0.2, -0.15) is 0 Å². The highest BCUT2D eigenvalue weighted by Gasteiger charge is 2.19. The highest BCUT2D eigenvalue weighted by molar-refractivity contribution is 7.99. The van der Waals surface area contributed by atoms with Gasteiger partial charge in [-0.3, -0.25) is 0 Å². The second kappa shape index (κ2) is 8.23. The van der Waals surface area contributed by atoms with E-state index in [2.05, 4.69) is 34.0 Å². The Morgan fingerprint density at radius 2 is 1.88 bits per heavy atom. The fourth-order valence-electron chi connectivity index (χ4n) is 2.52. The Morgan fingerprint density at radius 1 is 1.12 bits per heavy atom.